The van der Waals surface area contributed by atoms with E-state index in [2.05, 4.69) is 31.3 Å². The average Bonchev–Trinajstić information content (AvgIpc) is 3.48. The fourth-order valence-electron chi connectivity index (χ4n) is 3.18. The summed E-state index contributed by atoms with van der Waals surface area (Å²) in [5, 5.41) is 17.9. The van der Waals surface area contributed by atoms with Crippen LogP contribution in [-0.4, -0.2) is 50.6 Å². The second-order valence-corrected chi connectivity index (χ2v) is 7.94. The average molecular weight is 444 g/mol. The molecule has 2 heterocycles. The molecule has 3 aromatic rings. The molecule has 1 aliphatic carbocycles. The van der Waals surface area contributed by atoms with Crippen molar-refractivity contribution in [3.8, 4) is 17.0 Å². The molecule has 2 N–H and O–H groups in total. The third-order valence-electron chi connectivity index (χ3n) is 4.89. The Balaban J connectivity index is 1.51. The van der Waals surface area contributed by atoms with Crippen molar-refractivity contribution in [2.45, 2.75) is 19.3 Å². The van der Waals surface area contributed by atoms with Crippen LogP contribution in [0.15, 0.2) is 41.0 Å². The zero-order chi connectivity index (χ0) is 19.7. The van der Waals surface area contributed by atoms with Gasteiger partial charge in [0.05, 0.1) is 16.4 Å². The monoisotopic (exact) mass is 443 g/mol. The molecule has 0 unspecified atom stereocenters. The summed E-state index contributed by atoms with van der Waals surface area (Å²) in [5.41, 5.74) is 2.00. The lowest BCUT2D eigenvalue weighted by molar-refractivity contribution is -0.131. The third kappa shape index (κ3) is 3.82. The van der Waals surface area contributed by atoms with Crippen LogP contribution >= 0.6 is 15.9 Å². The molecule has 0 aliphatic heterocycles. The van der Waals surface area contributed by atoms with Gasteiger partial charge in [-0.15, -0.1) is 0 Å². The number of carbonyl (C=O) groups excluding carboxylic acids is 1. The number of rotatable bonds is 7. The Morgan fingerprint density at radius 3 is 2.93 bits per heavy atom. The molecule has 28 heavy (non-hydrogen) atoms. The number of aromatic hydroxyl groups is 1. The van der Waals surface area contributed by atoms with E-state index in [1.165, 1.54) is 0 Å². The van der Waals surface area contributed by atoms with Crippen LogP contribution in [-0.2, 0) is 4.79 Å². The fourth-order valence-corrected chi connectivity index (χ4v) is 3.52. The molecule has 146 valence electrons. The van der Waals surface area contributed by atoms with Crippen molar-refractivity contribution in [1.82, 2.24) is 19.5 Å². The first-order valence-electron chi connectivity index (χ1n) is 9.36. The predicted molar refractivity (Wildman–Crippen MR) is 111 cm³/mol. The number of carbonyl (C=O) groups is 1. The molecule has 1 saturated carbocycles. The first kappa shape index (κ1) is 18.7. The molecule has 1 amide bonds. The number of hydrogen-bond donors (Lipinski definition) is 2. The number of phenolic OH excluding ortho intramolecular Hbond substituents is 1. The molecule has 0 spiro atoms. The Labute approximate surface area is 171 Å². The summed E-state index contributed by atoms with van der Waals surface area (Å²) in [6.45, 7) is 1.41. The summed E-state index contributed by atoms with van der Waals surface area (Å²) < 4.78 is 2.51. The molecule has 0 bridgehead atoms. The number of aromatic nitrogens is 3. The molecule has 7 nitrogen and oxygen atoms in total. The Bertz CT molecular complexity index is 1010. The van der Waals surface area contributed by atoms with Gasteiger partial charge in [-0.2, -0.15) is 9.61 Å². The molecule has 4 rings (SSSR count). The maximum Gasteiger partial charge on any atom is 0.225 e. The van der Waals surface area contributed by atoms with E-state index in [0.717, 1.165) is 29.6 Å². The number of anilines is 1. The molecular weight excluding hydrogens is 422 g/mol. The van der Waals surface area contributed by atoms with Gasteiger partial charge in [0.15, 0.2) is 5.65 Å². The van der Waals surface area contributed by atoms with Crippen LogP contribution in [0.25, 0.3) is 16.9 Å². The SMILES string of the molecule is CN(CCCNc1cc(-c2ccccc2O)nc2c(Br)cnn12)C(=O)C1CC1. The first-order chi connectivity index (χ1) is 13.5. The Morgan fingerprint density at radius 1 is 1.39 bits per heavy atom. The van der Waals surface area contributed by atoms with Gasteiger partial charge >= 0.3 is 0 Å². The minimum Gasteiger partial charge on any atom is -0.507 e. The lowest BCUT2D eigenvalue weighted by Gasteiger charge is -2.17. The summed E-state index contributed by atoms with van der Waals surface area (Å²) in [4.78, 5) is 18.5. The summed E-state index contributed by atoms with van der Waals surface area (Å²) in [5.74, 6) is 1.47. The standard InChI is InChI=1S/C20H22BrN5O2/c1-25(20(28)13-7-8-13)10-4-9-22-18-11-16(14-5-2-3-6-17(14)27)24-19-15(21)12-23-26(18)19/h2-3,5-6,11-13,22,27H,4,7-10H2,1H3. The maximum absolute atomic E-state index is 12.0. The van der Waals surface area contributed by atoms with Crippen molar-refractivity contribution >= 4 is 33.3 Å². The van der Waals surface area contributed by atoms with E-state index in [1.54, 1.807) is 22.8 Å². The largest absolute Gasteiger partial charge is 0.507 e. The van der Waals surface area contributed by atoms with Gasteiger partial charge in [-0.25, -0.2) is 4.98 Å². The summed E-state index contributed by atoms with van der Waals surface area (Å²) in [6, 6.07) is 9.00. The van der Waals surface area contributed by atoms with Gasteiger partial charge in [0.1, 0.15) is 11.6 Å². The number of nitrogens with zero attached hydrogens (tertiary/aromatic N) is 4. The summed E-state index contributed by atoms with van der Waals surface area (Å²) in [6.07, 6.45) is 4.58. The van der Waals surface area contributed by atoms with Crippen molar-refractivity contribution in [3.63, 3.8) is 0 Å². The maximum atomic E-state index is 12.0. The van der Waals surface area contributed by atoms with Crippen LogP contribution in [0, 0.1) is 5.92 Å². The molecule has 1 aromatic carbocycles. The zero-order valence-electron chi connectivity index (χ0n) is 15.6. The second kappa shape index (κ2) is 7.79. The molecule has 0 radical (unpaired) electrons. The minimum atomic E-state index is 0.182. The quantitative estimate of drug-likeness (QED) is 0.545. The van der Waals surface area contributed by atoms with Crippen molar-refractivity contribution < 1.29 is 9.90 Å². The van der Waals surface area contributed by atoms with Gasteiger partial charge in [-0.05, 0) is 47.3 Å². The number of para-hydroxylation sites is 1. The highest BCUT2D eigenvalue weighted by atomic mass is 79.9. The predicted octanol–water partition coefficient (Wildman–Crippen LogP) is 3.53. The number of fused-ring (bicyclic) bond motifs is 1. The van der Waals surface area contributed by atoms with Crippen LogP contribution in [0.1, 0.15) is 19.3 Å². The second-order valence-electron chi connectivity index (χ2n) is 7.09. The normalized spacial score (nSPS) is 13.6. The topological polar surface area (TPSA) is 82.8 Å². The number of nitrogens with one attached hydrogen (secondary N) is 1. The molecule has 0 atom stereocenters. The lowest BCUT2D eigenvalue weighted by Crippen LogP contribution is -2.30. The number of amides is 1. The molecule has 2 aromatic heterocycles. The van der Waals surface area contributed by atoms with Gasteiger partial charge in [0.2, 0.25) is 5.91 Å². The fraction of sp³-hybridized carbons (Fsp3) is 0.350. The molecular formula is C20H22BrN5O2. The highest BCUT2D eigenvalue weighted by Gasteiger charge is 2.31. The highest BCUT2D eigenvalue weighted by molar-refractivity contribution is 9.10. The smallest absolute Gasteiger partial charge is 0.225 e. The minimum absolute atomic E-state index is 0.182. The molecule has 8 heteroatoms. The first-order valence-corrected chi connectivity index (χ1v) is 10.2. The van der Waals surface area contributed by atoms with E-state index in [-0.39, 0.29) is 17.6 Å². The van der Waals surface area contributed by atoms with Gasteiger partial charge in [-0.3, -0.25) is 4.79 Å². The van der Waals surface area contributed by atoms with Gasteiger partial charge in [0.25, 0.3) is 0 Å². The Kier molecular flexibility index (Phi) is 5.21. The van der Waals surface area contributed by atoms with Crippen LogP contribution in [0.5, 0.6) is 5.75 Å². The number of hydrogen-bond acceptors (Lipinski definition) is 5. The number of phenols is 1. The third-order valence-corrected chi connectivity index (χ3v) is 5.45. The van der Waals surface area contributed by atoms with Gasteiger partial charge in [0, 0.05) is 37.7 Å². The summed E-state index contributed by atoms with van der Waals surface area (Å²) >= 11 is 3.48. The Hall–Kier alpha value is -2.61. The lowest BCUT2D eigenvalue weighted by atomic mass is 10.1. The highest BCUT2D eigenvalue weighted by Crippen LogP contribution is 2.31. The van der Waals surface area contributed by atoms with E-state index in [4.69, 9.17) is 0 Å². The van der Waals surface area contributed by atoms with Crippen LogP contribution in [0.2, 0.25) is 0 Å². The van der Waals surface area contributed by atoms with E-state index < -0.39 is 0 Å². The van der Waals surface area contributed by atoms with Crippen molar-refractivity contribution in [2.75, 3.05) is 25.5 Å². The molecule has 1 fully saturated rings. The summed E-state index contributed by atoms with van der Waals surface area (Å²) in [7, 11) is 1.87. The van der Waals surface area contributed by atoms with Crippen LogP contribution in [0.3, 0.4) is 0 Å². The zero-order valence-corrected chi connectivity index (χ0v) is 17.2. The van der Waals surface area contributed by atoms with Gasteiger partial charge in [-0.1, -0.05) is 12.1 Å². The number of halogens is 1. The van der Waals surface area contributed by atoms with E-state index in [9.17, 15) is 9.90 Å². The number of benzene rings is 1. The van der Waals surface area contributed by atoms with Crippen LogP contribution in [0.4, 0.5) is 5.82 Å². The van der Waals surface area contributed by atoms with E-state index in [0.29, 0.717) is 30.0 Å². The van der Waals surface area contributed by atoms with E-state index in [1.807, 2.05) is 30.1 Å². The van der Waals surface area contributed by atoms with Gasteiger partial charge < -0.3 is 15.3 Å². The molecule has 1 aliphatic rings. The molecule has 0 saturated heterocycles. The van der Waals surface area contributed by atoms with Crippen LogP contribution < -0.4 is 5.32 Å². The van der Waals surface area contributed by atoms with Crippen molar-refractivity contribution in [1.29, 1.82) is 0 Å². The van der Waals surface area contributed by atoms with Crippen molar-refractivity contribution in [2.24, 2.45) is 5.92 Å². The Morgan fingerprint density at radius 2 is 2.18 bits per heavy atom. The van der Waals surface area contributed by atoms with E-state index >= 15 is 0 Å². The van der Waals surface area contributed by atoms with Crippen molar-refractivity contribution in [3.05, 3.63) is 41.0 Å².